The van der Waals surface area contributed by atoms with Crippen LogP contribution in [0.15, 0.2) is 4.99 Å². The maximum absolute atomic E-state index is 12.0. The van der Waals surface area contributed by atoms with E-state index in [1.165, 1.54) is 38.5 Å². The molecule has 2 fully saturated rings. The number of hydrogen-bond acceptors (Lipinski definition) is 3. The largest absolute Gasteiger partial charge is 0.377 e. The molecule has 6 nitrogen and oxygen atoms in total. The first-order chi connectivity index (χ1) is 13.3. The van der Waals surface area contributed by atoms with Gasteiger partial charge in [0, 0.05) is 39.7 Å². The van der Waals surface area contributed by atoms with Gasteiger partial charge in [-0.1, -0.05) is 40.0 Å². The molecule has 170 valence electrons. The van der Waals surface area contributed by atoms with Crippen molar-refractivity contribution < 1.29 is 9.53 Å². The van der Waals surface area contributed by atoms with Crippen molar-refractivity contribution in [1.82, 2.24) is 15.5 Å². The van der Waals surface area contributed by atoms with E-state index in [0.29, 0.717) is 11.8 Å². The molecule has 1 aliphatic carbocycles. The standard InChI is InChI=1S/C22H42N4O2.HI/c1-22(2,3)20-18(12-9-13-28-20)15-24-21(25-16-19(27)26(4)5)23-14-17-10-7-6-8-11-17;/h17-18,20H,6-16H2,1-5H3,(H2,23,24,25);1H. The molecule has 7 heteroatoms. The lowest BCUT2D eigenvalue weighted by Gasteiger charge is -2.40. The van der Waals surface area contributed by atoms with Crippen molar-refractivity contribution in [2.75, 3.05) is 40.3 Å². The van der Waals surface area contributed by atoms with E-state index >= 15 is 0 Å². The number of nitrogens with one attached hydrogen (secondary N) is 2. The Morgan fingerprint density at radius 1 is 1.03 bits per heavy atom. The minimum Gasteiger partial charge on any atom is -0.377 e. The quantitative estimate of drug-likeness (QED) is 0.318. The molecule has 0 bridgehead atoms. The zero-order chi connectivity index (χ0) is 20.6. The summed E-state index contributed by atoms with van der Waals surface area (Å²) in [6.45, 7) is 9.56. The molecule has 2 unspecified atom stereocenters. The van der Waals surface area contributed by atoms with Gasteiger partial charge in [-0.05, 0) is 37.0 Å². The number of rotatable bonds is 6. The number of hydrogen-bond donors (Lipinski definition) is 2. The lowest BCUT2D eigenvalue weighted by atomic mass is 9.78. The molecular weight excluding hydrogens is 479 g/mol. The number of ether oxygens (including phenoxy) is 1. The average molecular weight is 523 g/mol. The van der Waals surface area contributed by atoms with Gasteiger partial charge in [0.2, 0.25) is 5.91 Å². The summed E-state index contributed by atoms with van der Waals surface area (Å²) in [6, 6.07) is 0. The highest BCUT2D eigenvalue weighted by Gasteiger charge is 2.35. The molecule has 0 radical (unpaired) electrons. The predicted octanol–water partition coefficient (Wildman–Crippen LogP) is 3.65. The Kier molecular flexibility index (Phi) is 11.8. The molecule has 2 N–H and O–H groups in total. The van der Waals surface area contributed by atoms with Crippen LogP contribution in [0, 0.1) is 17.3 Å². The topological polar surface area (TPSA) is 66.0 Å². The van der Waals surface area contributed by atoms with E-state index < -0.39 is 0 Å². The maximum atomic E-state index is 12.0. The van der Waals surface area contributed by atoms with Gasteiger partial charge in [0.15, 0.2) is 5.96 Å². The molecule has 1 heterocycles. The molecule has 2 atom stereocenters. The van der Waals surface area contributed by atoms with Crippen molar-refractivity contribution in [1.29, 1.82) is 0 Å². The van der Waals surface area contributed by atoms with Gasteiger partial charge in [0.05, 0.1) is 6.10 Å². The van der Waals surface area contributed by atoms with Crippen LogP contribution < -0.4 is 10.6 Å². The van der Waals surface area contributed by atoms with E-state index in [2.05, 4.69) is 36.4 Å². The Hall–Kier alpha value is -0.570. The first-order valence-electron chi connectivity index (χ1n) is 11.1. The zero-order valence-corrected chi connectivity index (χ0v) is 21.5. The number of carbonyl (C=O) groups excluding carboxylic acids is 1. The van der Waals surface area contributed by atoms with Gasteiger partial charge in [-0.2, -0.15) is 0 Å². The molecule has 29 heavy (non-hydrogen) atoms. The monoisotopic (exact) mass is 522 g/mol. The molecular formula is C22H43IN4O2. The summed E-state index contributed by atoms with van der Waals surface area (Å²) in [5, 5.41) is 7.02. The minimum atomic E-state index is 0. The summed E-state index contributed by atoms with van der Waals surface area (Å²) in [5.74, 6) is 1.96. The summed E-state index contributed by atoms with van der Waals surface area (Å²) < 4.78 is 6.11. The fraction of sp³-hybridized carbons (Fsp3) is 0.909. The SMILES string of the molecule is CN(C)C(=O)CN=C(NCC1CCCCC1)NCC1CCCOC1C(C)(C)C.I. The van der Waals surface area contributed by atoms with E-state index in [4.69, 9.17) is 4.74 Å². The number of aliphatic imine (C=N–C) groups is 1. The van der Waals surface area contributed by atoms with Crippen molar-refractivity contribution in [3.63, 3.8) is 0 Å². The molecule has 1 amide bonds. The molecule has 1 aliphatic heterocycles. The van der Waals surface area contributed by atoms with Gasteiger partial charge >= 0.3 is 0 Å². The fourth-order valence-electron chi connectivity index (χ4n) is 4.33. The number of carbonyl (C=O) groups is 1. The molecule has 1 saturated carbocycles. The van der Waals surface area contributed by atoms with Crippen LogP contribution in [-0.2, 0) is 9.53 Å². The maximum Gasteiger partial charge on any atom is 0.243 e. The highest BCUT2D eigenvalue weighted by atomic mass is 127. The first kappa shape index (κ1) is 26.5. The van der Waals surface area contributed by atoms with Crippen LogP contribution in [0.3, 0.4) is 0 Å². The highest BCUT2D eigenvalue weighted by molar-refractivity contribution is 14.0. The van der Waals surface area contributed by atoms with Gasteiger partial charge in [-0.3, -0.25) is 4.79 Å². The number of guanidine groups is 1. The second-order valence-corrected chi connectivity index (χ2v) is 9.78. The van der Waals surface area contributed by atoms with Crippen molar-refractivity contribution in [3.8, 4) is 0 Å². The Morgan fingerprint density at radius 2 is 1.69 bits per heavy atom. The van der Waals surface area contributed by atoms with Crippen LogP contribution in [-0.4, -0.2) is 63.2 Å². The smallest absolute Gasteiger partial charge is 0.243 e. The molecule has 2 rings (SSSR count). The summed E-state index contributed by atoms with van der Waals surface area (Å²) in [4.78, 5) is 18.1. The molecule has 2 aliphatic rings. The first-order valence-corrected chi connectivity index (χ1v) is 11.1. The van der Waals surface area contributed by atoms with E-state index in [1.807, 2.05) is 0 Å². The van der Waals surface area contributed by atoms with E-state index in [-0.39, 0.29) is 47.9 Å². The molecule has 0 spiro atoms. The zero-order valence-electron chi connectivity index (χ0n) is 19.1. The van der Waals surface area contributed by atoms with Crippen LogP contribution in [0.25, 0.3) is 0 Å². The third kappa shape index (κ3) is 9.40. The lowest BCUT2D eigenvalue weighted by molar-refractivity contribution is -0.127. The molecule has 0 aromatic heterocycles. The fourth-order valence-corrected chi connectivity index (χ4v) is 4.33. The summed E-state index contributed by atoms with van der Waals surface area (Å²) >= 11 is 0. The van der Waals surface area contributed by atoms with Gasteiger partial charge in [0.1, 0.15) is 6.54 Å². The van der Waals surface area contributed by atoms with Crippen molar-refractivity contribution in [2.45, 2.75) is 71.8 Å². The third-order valence-electron chi connectivity index (χ3n) is 5.98. The van der Waals surface area contributed by atoms with E-state index in [9.17, 15) is 4.79 Å². The molecule has 0 aromatic carbocycles. The average Bonchev–Trinajstić information content (AvgIpc) is 2.67. The van der Waals surface area contributed by atoms with Crippen LogP contribution in [0.4, 0.5) is 0 Å². The summed E-state index contributed by atoms with van der Waals surface area (Å²) in [7, 11) is 3.54. The predicted molar refractivity (Wildman–Crippen MR) is 131 cm³/mol. The Morgan fingerprint density at radius 3 is 2.31 bits per heavy atom. The number of nitrogens with zero attached hydrogens (tertiary/aromatic N) is 2. The van der Waals surface area contributed by atoms with Crippen LogP contribution in [0.2, 0.25) is 0 Å². The van der Waals surface area contributed by atoms with Crippen molar-refractivity contribution in [2.24, 2.45) is 22.2 Å². The molecule has 1 saturated heterocycles. The summed E-state index contributed by atoms with van der Waals surface area (Å²) in [6.07, 6.45) is 9.14. The third-order valence-corrected chi connectivity index (χ3v) is 5.98. The lowest BCUT2D eigenvalue weighted by Crippen LogP contribution is -2.48. The number of amides is 1. The second-order valence-electron chi connectivity index (χ2n) is 9.78. The molecule has 0 aromatic rings. The minimum absolute atomic E-state index is 0. The van der Waals surface area contributed by atoms with E-state index in [0.717, 1.165) is 32.1 Å². The Labute approximate surface area is 195 Å². The van der Waals surface area contributed by atoms with Crippen molar-refractivity contribution in [3.05, 3.63) is 0 Å². The number of halogens is 1. The van der Waals surface area contributed by atoms with E-state index in [1.54, 1.807) is 19.0 Å². The van der Waals surface area contributed by atoms with Crippen LogP contribution in [0.1, 0.15) is 65.7 Å². The van der Waals surface area contributed by atoms with Gasteiger partial charge in [-0.25, -0.2) is 4.99 Å². The van der Waals surface area contributed by atoms with Gasteiger partial charge in [-0.15, -0.1) is 24.0 Å². The summed E-state index contributed by atoms with van der Waals surface area (Å²) in [5.41, 5.74) is 0.125. The Bertz CT molecular complexity index is 513. The van der Waals surface area contributed by atoms with Crippen LogP contribution in [0.5, 0.6) is 0 Å². The van der Waals surface area contributed by atoms with Crippen molar-refractivity contribution >= 4 is 35.8 Å². The van der Waals surface area contributed by atoms with Gasteiger partial charge in [0.25, 0.3) is 0 Å². The highest BCUT2D eigenvalue weighted by Crippen LogP contribution is 2.33. The normalized spacial score (nSPS) is 23.8. The Balaban J connectivity index is 0.00000420. The van der Waals surface area contributed by atoms with Gasteiger partial charge < -0.3 is 20.3 Å². The number of likely N-dealkylation sites (N-methyl/N-ethyl adjacent to an activating group) is 1. The second kappa shape index (κ2) is 13.0. The van der Waals surface area contributed by atoms with Crippen LogP contribution >= 0.6 is 24.0 Å².